The van der Waals surface area contributed by atoms with Crippen molar-refractivity contribution in [2.24, 2.45) is 0 Å². The number of halogens is 1. The molecule has 0 amide bonds. The molecule has 2 atom stereocenters. The number of alkyl halides is 1. The molecule has 0 bridgehead atoms. The number of phosphoric ester groups is 1. The first-order chi connectivity index (χ1) is 6.28. The van der Waals surface area contributed by atoms with Crippen LogP contribution in [0.3, 0.4) is 0 Å². The van der Waals surface area contributed by atoms with Crippen LogP contribution < -0.4 is 0 Å². The van der Waals surface area contributed by atoms with Gasteiger partial charge in [0.1, 0.15) is 25.5 Å². The molecule has 0 aliphatic carbocycles. The number of carbonyl (C=O) groups is 1. The van der Waals surface area contributed by atoms with Crippen molar-refractivity contribution in [3.8, 4) is 0 Å². The fourth-order valence-corrected chi connectivity index (χ4v) is 0.827. The largest absolute Gasteiger partial charge is 0.470 e. The SMILES string of the molecule is O=C(COP(=O)(O)O)[C@H](O)[C@H](O)CF. The van der Waals surface area contributed by atoms with Crippen molar-refractivity contribution in [1.29, 1.82) is 0 Å². The molecule has 0 unspecified atom stereocenters. The van der Waals surface area contributed by atoms with Crippen LogP contribution >= 0.6 is 7.82 Å². The van der Waals surface area contributed by atoms with E-state index in [1.54, 1.807) is 0 Å². The third-order valence-electron chi connectivity index (χ3n) is 1.23. The van der Waals surface area contributed by atoms with E-state index in [0.717, 1.165) is 0 Å². The summed E-state index contributed by atoms with van der Waals surface area (Å²) in [5.74, 6) is -1.21. The Hall–Kier alpha value is -0.370. The summed E-state index contributed by atoms with van der Waals surface area (Å²) in [7, 11) is -4.81. The predicted molar refractivity (Wildman–Crippen MR) is 41.0 cm³/mol. The average Bonchev–Trinajstić information content (AvgIpc) is 2.10. The molecule has 7 nitrogen and oxygen atoms in total. The highest BCUT2D eigenvalue weighted by atomic mass is 31.2. The Bertz CT molecular complexity index is 238. The number of ketones is 1. The molecule has 0 fully saturated rings. The minimum atomic E-state index is -4.81. The van der Waals surface area contributed by atoms with Gasteiger partial charge in [0.25, 0.3) is 0 Å². The molecule has 0 aliphatic heterocycles. The molecular weight excluding hydrogens is 222 g/mol. The molecule has 0 spiro atoms. The van der Waals surface area contributed by atoms with Crippen LogP contribution in [0.1, 0.15) is 0 Å². The average molecular weight is 232 g/mol. The van der Waals surface area contributed by atoms with Crippen LogP contribution in [-0.4, -0.2) is 51.3 Å². The number of aliphatic hydroxyl groups is 2. The maximum Gasteiger partial charge on any atom is 0.470 e. The van der Waals surface area contributed by atoms with E-state index in [-0.39, 0.29) is 0 Å². The number of phosphoric acid groups is 1. The van der Waals surface area contributed by atoms with E-state index in [1.165, 1.54) is 0 Å². The summed E-state index contributed by atoms with van der Waals surface area (Å²) in [5.41, 5.74) is 0. The van der Waals surface area contributed by atoms with Crippen LogP contribution in [0.25, 0.3) is 0 Å². The van der Waals surface area contributed by atoms with Crippen molar-refractivity contribution in [2.75, 3.05) is 13.3 Å². The zero-order valence-electron chi connectivity index (χ0n) is 6.91. The van der Waals surface area contributed by atoms with Gasteiger partial charge in [-0.25, -0.2) is 8.96 Å². The van der Waals surface area contributed by atoms with E-state index in [2.05, 4.69) is 4.52 Å². The molecule has 0 saturated heterocycles. The summed E-state index contributed by atoms with van der Waals surface area (Å²) in [6.45, 7) is -2.44. The quantitative estimate of drug-likeness (QED) is 0.404. The second-order valence-corrected chi connectivity index (χ2v) is 3.64. The Morgan fingerprint density at radius 1 is 1.43 bits per heavy atom. The lowest BCUT2D eigenvalue weighted by atomic mass is 10.1. The van der Waals surface area contributed by atoms with Crippen molar-refractivity contribution >= 4 is 13.6 Å². The van der Waals surface area contributed by atoms with E-state index in [0.29, 0.717) is 0 Å². The molecule has 0 aromatic heterocycles. The fourth-order valence-electron chi connectivity index (χ4n) is 0.532. The third kappa shape index (κ3) is 5.38. The van der Waals surface area contributed by atoms with Gasteiger partial charge < -0.3 is 20.0 Å². The van der Waals surface area contributed by atoms with E-state index in [4.69, 9.17) is 20.0 Å². The minimum absolute atomic E-state index is 1.09. The van der Waals surface area contributed by atoms with E-state index >= 15 is 0 Å². The molecule has 14 heavy (non-hydrogen) atoms. The maximum atomic E-state index is 11.7. The summed E-state index contributed by atoms with van der Waals surface area (Å²) in [5, 5.41) is 17.4. The van der Waals surface area contributed by atoms with Crippen LogP contribution in [0, 0.1) is 0 Å². The van der Waals surface area contributed by atoms with Crippen LogP contribution in [0.15, 0.2) is 0 Å². The highest BCUT2D eigenvalue weighted by Gasteiger charge is 2.26. The Morgan fingerprint density at radius 3 is 2.29 bits per heavy atom. The Labute approximate surface area is 78.4 Å². The van der Waals surface area contributed by atoms with Crippen LogP contribution in [0.4, 0.5) is 4.39 Å². The normalized spacial score (nSPS) is 16.4. The van der Waals surface area contributed by atoms with Gasteiger partial charge in [-0.1, -0.05) is 0 Å². The first-order valence-corrected chi connectivity index (χ1v) is 4.96. The molecule has 9 heteroatoms. The standard InChI is InChI=1S/C5H10FO7P/c6-1-3(7)5(9)4(8)2-13-14(10,11)12/h3,5,7,9H,1-2H2,(H2,10,11,12)/t3-,5-/m1/s1. The van der Waals surface area contributed by atoms with Crippen molar-refractivity contribution in [1.82, 2.24) is 0 Å². The molecule has 0 aliphatic rings. The number of aliphatic hydroxyl groups excluding tert-OH is 2. The first-order valence-electron chi connectivity index (χ1n) is 3.43. The number of hydrogen-bond donors (Lipinski definition) is 4. The lowest BCUT2D eigenvalue weighted by molar-refractivity contribution is -0.136. The van der Waals surface area contributed by atoms with Gasteiger partial charge in [-0.05, 0) is 0 Å². The number of hydrogen-bond acceptors (Lipinski definition) is 5. The fraction of sp³-hybridized carbons (Fsp3) is 0.800. The Morgan fingerprint density at radius 2 is 1.93 bits per heavy atom. The van der Waals surface area contributed by atoms with Crippen molar-refractivity contribution in [3.63, 3.8) is 0 Å². The summed E-state index contributed by atoms with van der Waals surface area (Å²) in [4.78, 5) is 27.1. The summed E-state index contributed by atoms with van der Waals surface area (Å²) >= 11 is 0. The minimum Gasteiger partial charge on any atom is -0.387 e. The highest BCUT2D eigenvalue weighted by molar-refractivity contribution is 7.46. The smallest absolute Gasteiger partial charge is 0.387 e. The van der Waals surface area contributed by atoms with Gasteiger partial charge in [-0.15, -0.1) is 0 Å². The van der Waals surface area contributed by atoms with Crippen LogP contribution in [0.2, 0.25) is 0 Å². The van der Waals surface area contributed by atoms with Gasteiger partial charge in [-0.2, -0.15) is 0 Å². The molecule has 0 aromatic rings. The van der Waals surface area contributed by atoms with E-state index in [9.17, 15) is 13.8 Å². The van der Waals surface area contributed by atoms with Gasteiger partial charge >= 0.3 is 7.82 Å². The van der Waals surface area contributed by atoms with E-state index in [1.807, 2.05) is 0 Å². The first kappa shape index (κ1) is 13.6. The van der Waals surface area contributed by atoms with Crippen molar-refractivity contribution in [2.45, 2.75) is 12.2 Å². The predicted octanol–water partition coefficient (Wildman–Crippen LogP) is -1.64. The number of carbonyl (C=O) groups excluding carboxylic acids is 1. The van der Waals surface area contributed by atoms with Gasteiger partial charge in [0, 0.05) is 0 Å². The molecule has 0 rings (SSSR count). The topological polar surface area (TPSA) is 124 Å². The van der Waals surface area contributed by atoms with Crippen molar-refractivity contribution < 1.29 is 38.3 Å². The number of rotatable bonds is 6. The molecule has 84 valence electrons. The molecule has 4 N–H and O–H groups in total. The third-order valence-corrected chi connectivity index (χ3v) is 1.69. The lowest BCUT2D eigenvalue weighted by Crippen LogP contribution is -2.37. The maximum absolute atomic E-state index is 11.7. The zero-order chi connectivity index (χ0) is 11.4. The molecule has 0 radical (unpaired) electrons. The summed E-state index contributed by atoms with van der Waals surface area (Å²) in [6.07, 6.45) is -3.96. The van der Waals surface area contributed by atoms with Crippen LogP contribution in [-0.2, 0) is 13.9 Å². The van der Waals surface area contributed by atoms with E-state index < -0.39 is 39.1 Å². The highest BCUT2D eigenvalue weighted by Crippen LogP contribution is 2.35. The van der Waals surface area contributed by atoms with Gasteiger partial charge in [0.05, 0.1) is 0 Å². The number of Topliss-reactive ketones (excluding diaryl/α,β-unsaturated/α-hetero) is 1. The monoisotopic (exact) mass is 232 g/mol. The van der Waals surface area contributed by atoms with Crippen molar-refractivity contribution in [3.05, 3.63) is 0 Å². The molecule has 0 saturated carbocycles. The Kier molecular flexibility index (Phi) is 5.35. The Balaban J connectivity index is 4.03. The summed E-state index contributed by atoms with van der Waals surface area (Å²) in [6, 6.07) is 0. The summed E-state index contributed by atoms with van der Waals surface area (Å²) < 4.78 is 25.5. The molecular formula is C5H10FO7P. The zero-order valence-corrected chi connectivity index (χ0v) is 7.80. The second-order valence-electron chi connectivity index (χ2n) is 2.40. The lowest BCUT2D eigenvalue weighted by Gasteiger charge is -2.13. The van der Waals surface area contributed by atoms with Crippen LogP contribution in [0.5, 0.6) is 0 Å². The second kappa shape index (κ2) is 5.50. The molecule has 0 heterocycles. The van der Waals surface area contributed by atoms with Gasteiger partial charge in [0.15, 0.2) is 5.78 Å². The molecule has 0 aromatic carbocycles. The van der Waals surface area contributed by atoms with Gasteiger partial charge in [-0.3, -0.25) is 9.32 Å². The van der Waals surface area contributed by atoms with Gasteiger partial charge in [0.2, 0.25) is 0 Å².